The van der Waals surface area contributed by atoms with Crippen molar-refractivity contribution in [3.8, 4) is 0 Å². The van der Waals surface area contributed by atoms with Gasteiger partial charge in [0.1, 0.15) is 6.33 Å². The van der Waals surface area contributed by atoms with Crippen LogP contribution in [0, 0.1) is 0 Å². The van der Waals surface area contributed by atoms with E-state index in [9.17, 15) is 4.79 Å². The summed E-state index contributed by atoms with van der Waals surface area (Å²) in [7, 11) is 1.93. The van der Waals surface area contributed by atoms with Gasteiger partial charge in [-0.05, 0) is 12.6 Å². The average molecular weight is 269 g/mol. The maximum Gasteiger partial charge on any atom is 0.348 e. The first kappa shape index (κ1) is 12.6. The van der Waals surface area contributed by atoms with E-state index < -0.39 is 0 Å². The van der Waals surface area contributed by atoms with E-state index in [-0.39, 0.29) is 11.7 Å². The molecule has 6 heteroatoms. The van der Waals surface area contributed by atoms with Crippen molar-refractivity contribution < 1.29 is 0 Å². The third kappa shape index (κ3) is 2.33. The van der Waals surface area contributed by atoms with Gasteiger partial charge in [-0.25, -0.2) is 19.3 Å². The molecule has 2 heterocycles. The van der Waals surface area contributed by atoms with Gasteiger partial charge in [-0.2, -0.15) is 5.10 Å². The first-order valence-electron chi connectivity index (χ1n) is 6.42. The van der Waals surface area contributed by atoms with E-state index in [2.05, 4.69) is 32.6 Å². The number of aromatic nitrogens is 4. The summed E-state index contributed by atoms with van der Waals surface area (Å²) in [4.78, 5) is 15.7. The minimum Gasteiger partial charge on any atom is -0.313 e. The third-order valence-corrected chi connectivity index (χ3v) is 3.33. The van der Waals surface area contributed by atoms with Crippen LogP contribution in [0.2, 0.25) is 0 Å². The minimum absolute atomic E-state index is 0.178. The van der Waals surface area contributed by atoms with Crippen molar-refractivity contribution in [3.63, 3.8) is 0 Å². The summed E-state index contributed by atoms with van der Waals surface area (Å²) in [6, 6.07) is 12.2. The molecule has 1 aromatic carbocycles. The van der Waals surface area contributed by atoms with E-state index in [0.717, 1.165) is 12.1 Å². The second kappa shape index (κ2) is 5.26. The number of fused-ring (bicyclic) bond motifs is 1. The van der Waals surface area contributed by atoms with Crippen LogP contribution in [0.25, 0.3) is 5.65 Å². The molecule has 0 spiro atoms. The molecule has 0 amide bonds. The molecule has 0 aliphatic carbocycles. The summed E-state index contributed by atoms with van der Waals surface area (Å²) in [6.45, 7) is 0. The topological polar surface area (TPSA) is 75.1 Å². The zero-order valence-corrected chi connectivity index (χ0v) is 11.1. The second-order valence-corrected chi connectivity index (χ2v) is 4.59. The minimum atomic E-state index is -0.271. The van der Waals surface area contributed by atoms with Gasteiger partial charge >= 0.3 is 5.69 Å². The Bertz CT molecular complexity index is 762. The lowest BCUT2D eigenvalue weighted by molar-refractivity contribution is 0.583. The summed E-state index contributed by atoms with van der Waals surface area (Å²) in [5.41, 5.74) is 2.41. The Morgan fingerprint density at radius 1 is 1.35 bits per heavy atom. The second-order valence-electron chi connectivity index (χ2n) is 4.59. The number of hydrogen-bond acceptors (Lipinski definition) is 4. The molecule has 20 heavy (non-hydrogen) atoms. The summed E-state index contributed by atoms with van der Waals surface area (Å²) in [5, 5.41) is 9.64. The number of nitrogens with zero attached hydrogens (tertiary/aromatic N) is 3. The Labute approximate surface area is 115 Å². The van der Waals surface area contributed by atoms with Crippen LogP contribution < -0.4 is 11.0 Å². The van der Waals surface area contributed by atoms with Gasteiger partial charge < -0.3 is 5.32 Å². The van der Waals surface area contributed by atoms with Crippen LogP contribution in [0.1, 0.15) is 17.3 Å². The molecule has 0 saturated heterocycles. The molecule has 0 aliphatic heterocycles. The van der Waals surface area contributed by atoms with Gasteiger partial charge in [-0.15, -0.1) is 0 Å². The monoisotopic (exact) mass is 269 g/mol. The number of likely N-dealkylation sites (N-methyl/N-ethyl adjacent to an activating group) is 1. The molecule has 0 saturated carbocycles. The Morgan fingerprint density at radius 2 is 2.15 bits per heavy atom. The fourth-order valence-electron chi connectivity index (χ4n) is 2.24. The van der Waals surface area contributed by atoms with E-state index in [1.54, 1.807) is 0 Å². The van der Waals surface area contributed by atoms with E-state index in [1.165, 1.54) is 16.3 Å². The van der Waals surface area contributed by atoms with Crippen molar-refractivity contribution in [2.75, 3.05) is 7.05 Å². The Morgan fingerprint density at radius 3 is 2.90 bits per heavy atom. The normalized spacial score (nSPS) is 12.7. The van der Waals surface area contributed by atoms with E-state index in [1.807, 2.05) is 31.3 Å². The Kier molecular flexibility index (Phi) is 3.30. The molecule has 102 valence electrons. The van der Waals surface area contributed by atoms with Crippen molar-refractivity contribution in [2.24, 2.45) is 0 Å². The van der Waals surface area contributed by atoms with Gasteiger partial charge in [0.15, 0.2) is 5.65 Å². The largest absolute Gasteiger partial charge is 0.348 e. The lowest BCUT2D eigenvalue weighted by Gasteiger charge is -2.16. The quantitative estimate of drug-likeness (QED) is 0.738. The van der Waals surface area contributed by atoms with E-state index in [4.69, 9.17) is 0 Å². The molecule has 3 rings (SSSR count). The number of aromatic amines is 1. The van der Waals surface area contributed by atoms with Gasteiger partial charge in [0.2, 0.25) is 0 Å². The summed E-state index contributed by atoms with van der Waals surface area (Å²) >= 11 is 0. The zero-order chi connectivity index (χ0) is 13.9. The number of rotatable bonds is 4. The molecule has 1 atom stereocenters. The standard InChI is InChI=1S/C14H15N5O/c1-15-12(10-5-3-2-4-6-10)7-11-8-13-17-18-14(20)19(13)9-16-11/h2-6,8-9,12,15H,7H2,1H3,(H,18,20). The van der Waals surface area contributed by atoms with Crippen molar-refractivity contribution in [1.82, 2.24) is 24.9 Å². The van der Waals surface area contributed by atoms with Crippen LogP contribution in [-0.2, 0) is 6.42 Å². The van der Waals surface area contributed by atoms with Crippen LogP contribution >= 0.6 is 0 Å². The van der Waals surface area contributed by atoms with Crippen LogP contribution in [0.15, 0.2) is 47.5 Å². The highest BCUT2D eigenvalue weighted by atomic mass is 16.1. The SMILES string of the molecule is CNC(Cc1cc2n[nH]c(=O)n2cn1)c1ccccc1. The number of benzene rings is 1. The van der Waals surface area contributed by atoms with Crippen LogP contribution in [-0.4, -0.2) is 26.6 Å². The van der Waals surface area contributed by atoms with Crippen LogP contribution in [0.5, 0.6) is 0 Å². The van der Waals surface area contributed by atoms with Gasteiger partial charge in [-0.3, -0.25) is 0 Å². The van der Waals surface area contributed by atoms with Gasteiger partial charge in [0.25, 0.3) is 0 Å². The predicted molar refractivity (Wildman–Crippen MR) is 75.6 cm³/mol. The van der Waals surface area contributed by atoms with E-state index in [0.29, 0.717) is 5.65 Å². The van der Waals surface area contributed by atoms with Gasteiger partial charge in [0, 0.05) is 24.2 Å². The van der Waals surface area contributed by atoms with Crippen molar-refractivity contribution in [1.29, 1.82) is 0 Å². The molecule has 0 bridgehead atoms. The fourth-order valence-corrected chi connectivity index (χ4v) is 2.24. The lowest BCUT2D eigenvalue weighted by Crippen LogP contribution is -2.19. The van der Waals surface area contributed by atoms with Crippen molar-refractivity contribution >= 4 is 5.65 Å². The summed E-state index contributed by atoms with van der Waals surface area (Å²) < 4.78 is 1.39. The molecular weight excluding hydrogens is 254 g/mol. The summed E-state index contributed by atoms with van der Waals surface area (Å²) in [6.07, 6.45) is 2.24. The highest BCUT2D eigenvalue weighted by molar-refractivity contribution is 5.37. The fraction of sp³-hybridized carbons (Fsp3) is 0.214. The molecule has 1 unspecified atom stereocenters. The first-order valence-corrected chi connectivity index (χ1v) is 6.42. The molecule has 0 aliphatic rings. The number of nitrogens with one attached hydrogen (secondary N) is 2. The molecule has 3 aromatic rings. The maximum absolute atomic E-state index is 11.4. The maximum atomic E-state index is 11.4. The third-order valence-electron chi connectivity index (χ3n) is 3.33. The van der Waals surface area contributed by atoms with Crippen LogP contribution in [0.3, 0.4) is 0 Å². The highest BCUT2D eigenvalue weighted by Crippen LogP contribution is 2.16. The number of hydrogen-bond donors (Lipinski definition) is 2. The first-order chi connectivity index (χ1) is 9.78. The summed E-state index contributed by atoms with van der Waals surface area (Å²) in [5.74, 6) is 0. The molecule has 2 aromatic heterocycles. The molecule has 0 radical (unpaired) electrons. The van der Waals surface area contributed by atoms with E-state index >= 15 is 0 Å². The number of H-pyrrole nitrogens is 1. The molecular formula is C14H15N5O. The smallest absolute Gasteiger partial charge is 0.313 e. The molecule has 2 N–H and O–H groups in total. The van der Waals surface area contributed by atoms with Crippen LogP contribution in [0.4, 0.5) is 0 Å². The van der Waals surface area contributed by atoms with Crippen molar-refractivity contribution in [3.05, 3.63) is 64.5 Å². The molecule has 0 fully saturated rings. The molecule has 6 nitrogen and oxygen atoms in total. The van der Waals surface area contributed by atoms with Crippen molar-refractivity contribution in [2.45, 2.75) is 12.5 Å². The average Bonchev–Trinajstić information content (AvgIpc) is 2.86. The zero-order valence-electron chi connectivity index (χ0n) is 11.1. The van der Waals surface area contributed by atoms with Gasteiger partial charge in [-0.1, -0.05) is 30.3 Å². The predicted octanol–water partition coefficient (Wildman–Crippen LogP) is 0.921. The lowest BCUT2D eigenvalue weighted by atomic mass is 10.0. The Hall–Kier alpha value is -2.47. The highest BCUT2D eigenvalue weighted by Gasteiger charge is 2.11. The van der Waals surface area contributed by atoms with Gasteiger partial charge in [0.05, 0.1) is 0 Å². The Balaban J connectivity index is 1.89.